The maximum atomic E-state index is 2.22. The second-order valence-electron chi connectivity index (χ2n) is 5.07. The Morgan fingerprint density at radius 2 is 1.55 bits per heavy atom. The molecule has 0 fully saturated rings. The highest BCUT2D eigenvalue weighted by atomic mass is 127. The monoisotopic (exact) mass is 380 g/mol. The van der Waals surface area contributed by atoms with Gasteiger partial charge in [0.1, 0.15) is 7.05 Å². The summed E-state index contributed by atoms with van der Waals surface area (Å²) in [4.78, 5) is 2.11. The molecule has 0 saturated heterocycles. The van der Waals surface area contributed by atoms with E-state index in [9.17, 15) is 0 Å². The summed E-state index contributed by atoms with van der Waals surface area (Å²) in [6, 6.07) is 12.9. The van der Waals surface area contributed by atoms with Crippen LogP contribution in [0.4, 0.5) is 5.69 Å². The van der Waals surface area contributed by atoms with Crippen LogP contribution in [0.5, 0.6) is 0 Å². The zero-order valence-electron chi connectivity index (χ0n) is 12.5. The Morgan fingerprint density at radius 1 is 1.00 bits per heavy atom. The molecular weight excluding hydrogens is 359 g/mol. The molecule has 0 aliphatic heterocycles. The highest BCUT2D eigenvalue weighted by Gasteiger charge is 1.99. The van der Waals surface area contributed by atoms with Crippen molar-refractivity contribution in [2.75, 3.05) is 19.0 Å². The first-order valence-corrected chi connectivity index (χ1v) is 6.47. The standard InChI is InChI=1S/C17H21N2.HI/c1-14(16-9-11-19(4)12-10-16)13-15-5-7-17(8-6-15)18(2)3;/h5-13H,1-4H3;1H/q+1;/p-1. The Hall–Kier alpha value is -1.36. The second-order valence-corrected chi connectivity index (χ2v) is 5.07. The molecule has 2 nitrogen and oxygen atoms in total. The number of halogens is 1. The molecule has 0 atom stereocenters. The van der Waals surface area contributed by atoms with Crippen molar-refractivity contribution in [2.45, 2.75) is 6.92 Å². The van der Waals surface area contributed by atoms with Crippen molar-refractivity contribution < 1.29 is 28.5 Å². The van der Waals surface area contributed by atoms with Crippen LogP contribution in [-0.2, 0) is 7.05 Å². The smallest absolute Gasteiger partial charge is 0.169 e. The van der Waals surface area contributed by atoms with Gasteiger partial charge in [-0.25, -0.2) is 4.57 Å². The number of rotatable bonds is 3. The molecule has 1 heterocycles. The molecule has 0 aliphatic rings. The predicted molar refractivity (Wildman–Crippen MR) is 81.9 cm³/mol. The van der Waals surface area contributed by atoms with Crippen LogP contribution in [0, 0.1) is 0 Å². The predicted octanol–water partition coefficient (Wildman–Crippen LogP) is 0.142. The highest BCUT2D eigenvalue weighted by molar-refractivity contribution is 5.80. The van der Waals surface area contributed by atoms with Gasteiger partial charge in [-0.1, -0.05) is 18.2 Å². The Kier molecular flexibility index (Phi) is 6.20. The van der Waals surface area contributed by atoms with Crippen LogP contribution in [0.15, 0.2) is 48.8 Å². The minimum absolute atomic E-state index is 0. The SMILES string of the molecule is C/C(=C\c1ccc(N(C)C)cc1)c1cc[n+](C)cc1.[I-]. The third-order valence-corrected chi connectivity index (χ3v) is 3.23. The number of aromatic nitrogens is 1. The number of anilines is 1. The topological polar surface area (TPSA) is 7.12 Å². The van der Waals surface area contributed by atoms with Gasteiger partial charge >= 0.3 is 0 Å². The third-order valence-electron chi connectivity index (χ3n) is 3.23. The molecule has 1 aromatic carbocycles. The minimum Gasteiger partial charge on any atom is -1.00 e. The van der Waals surface area contributed by atoms with Crippen LogP contribution < -0.4 is 33.4 Å². The summed E-state index contributed by atoms with van der Waals surface area (Å²) in [7, 11) is 6.14. The van der Waals surface area contributed by atoms with Crippen molar-refractivity contribution in [1.29, 1.82) is 0 Å². The first kappa shape index (κ1) is 16.7. The van der Waals surface area contributed by atoms with E-state index in [0.29, 0.717) is 0 Å². The summed E-state index contributed by atoms with van der Waals surface area (Å²) in [6.07, 6.45) is 6.36. The van der Waals surface area contributed by atoms with Crippen molar-refractivity contribution in [3.8, 4) is 0 Å². The minimum atomic E-state index is 0. The molecule has 20 heavy (non-hydrogen) atoms. The van der Waals surface area contributed by atoms with E-state index in [2.05, 4.69) is 80.8 Å². The van der Waals surface area contributed by atoms with Gasteiger partial charge in [-0.3, -0.25) is 0 Å². The molecule has 0 radical (unpaired) electrons. The Morgan fingerprint density at radius 3 is 2.05 bits per heavy atom. The molecule has 2 aromatic rings. The maximum absolute atomic E-state index is 2.22. The van der Waals surface area contributed by atoms with Crippen molar-refractivity contribution in [1.82, 2.24) is 0 Å². The first-order chi connectivity index (χ1) is 9.06. The van der Waals surface area contributed by atoms with Gasteiger partial charge in [-0.15, -0.1) is 0 Å². The lowest BCUT2D eigenvalue weighted by molar-refractivity contribution is -0.671. The van der Waals surface area contributed by atoms with E-state index in [1.165, 1.54) is 22.4 Å². The van der Waals surface area contributed by atoms with Gasteiger partial charge < -0.3 is 28.9 Å². The van der Waals surface area contributed by atoms with Crippen LogP contribution in [0.1, 0.15) is 18.1 Å². The lowest BCUT2D eigenvalue weighted by Gasteiger charge is -2.12. The van der Waals surface area contributed by atoms with Crippen LogP contribution >= 0.6 is 0 Å². The quantitative estimate of drug-likeness (QED) is 0.543. The van der Waals surface area contributed by atoms with Crippen LogP contribution in [0.25, 0.3) is 11.6 Å². The largest absolute Gasteiger partial charge is 1.00 e. The number of benzene rings is 1. The van der Waals surface area contributed by atoms with Crippen LogP contribution in [-0.4, -0.2) is 14.1 Å². The van der Waals surface area contributed by atoms with Crippen LogP contribution in [0.3, 0.4) is 0 Å². The van der Waals surface area contributed by atoms with E-state index in [0.717, 1.165) is 0 Å². The average Bonchev–Trinajstić information content (AvgIpc) is 2.40. The summed E-state index contributed by atoms with van der Waals surface area (Å²) in [5.41, 5.74) is 4.99. The first-order valence-electron chi connectivity index (χ1n) is 6.47. The van der Waals surface area contributed by atoms with E-state index in [4.69, 9.17) is 0 Å². The van der Waals surface area contributed by atoms with E-state index < -0.39 is 0 Å². The molecule has 0 saturated carbocycles. The molecule has 0 spiro atoms. The van der Waals surface area contributed by atoms with Gasteiger partial charge in [0.2, 0.25) is 0 Å². The Labute approximate surface area is 138 Å². The van der Waals surface area contributed by atoms with Gasteiger partial charge in [0.25, 0.3) is 0 Å². The normalized spacial score (nSPS) is 10.9. The van der Waals surface area contributed by atoms with E-state index in [1.54, 1.807) is 0 Å². The van der Waals surface area contributed by atoms with Crippen LogP contribution in [0.2, 0.25) is 0 Å². The fourth-order valence-electron chi connectivity index (χ4n) is 1.97. The maximum Gasteiger partial charge on any atom is 0.169 e. The third kappa shape index (κ3) is 4.34. The number of aryl methyl sites for hydroxylation is 1. The second kappa shape index (κ2) is 7.43. The molecule has 2 rings (SSSR count). The summed E-state index contributed by atoms with van der Waals surface area (Å²) in [5, 5.41) is 0. The van der Waals surface area contributed by atoms with E-state index in [1.807, 2.05) is 11.6 Å². The molecule has 0 unspecified atom stereocenters. The zero-order chi connectivity index (χ0) is 13.8. The highest BCUT2D eigenvalue weighted by Crippen LogP contribution is 2.18. The summed E-state index contributed by atoms with van der Waals surface area (Å²) in [5.74, 6) is 0. The van der Waals surface area contributed by atoms with E-state index in [-0.39, 0.29) is 24.0 Å². The summed E-state index contributed by atoms with van der Waals surface area (Å²) < 4.78 is 2.04. The Bertz CT molecular complexity index is 569. The number of hydrogen-bond donors (Lipinski definition) is 0. The molecule has 0 N–H and O–H groups in total. The molecule has 0 aliphatic carbocycles. The Balaban J connectivity index is 0.00000200. The van der Waals surface area contributed by atoms with Gasteiger partial charge in [-0.2, -0.15) is 0 Å². The molecule has 0 bridgehead atoms. The summed E-state index contributed by atoms with van der Waals surface area (Å²) in [6.45, 7) is 2.15. The lowest BCUT2D eigenvalue weighted by Crippen LogP contribution is -3.00. The molecule has 1 aromatic heterocycles. The number of allylic oxidation sites excluding steroid dienone is 1. The number of hydrogen-bond acceptors (Lipinski definition) is 1. The van der Waals surface area contributed by atoms with Crippen molar-refractivity contribution >= 4 is 17.3 Å². The van der Waals surface area contributed by atoms with Gasteiger partial charge in [0.15, 0.2) is 12.4 Å². The van der Waals surface area contributed by atoms with Gasteiger partial charge in [0, 0.05) is 31.9 Å². The fraction of sp³-hybridized carbons (Fsp3) is 0.235. The molecule has 0 amide bonds. The van der Waals surface area contributed by atoms with Gasteiger partial charge in [0.05, 0.1) is 0 Å². The zero-order valence-corrected chi connectivity index (χ0v) is 14.6. The summed E-state index contributed by atoms with van der Waals surface area (Å²) >= 11 is 0. The number of pyridine rings is 1. The molecule has 3 heteroatoms. The van der Waals surface area contributed by atoms with Crippen molar-refractivity contribution in [3.63, 3.8) is 0 Å². The van der Waals surface area contributed by atoms with Gasteiger partial charge in [-0.05, 0) is 35.8 Å². The lowest BCUT2D eigenvalue weighted by atomic mass is 10.1. The van der Waals surface area contributed by atoms with Crippen molar-refractivity contribution in [2.24, 2.45) is 7.05 Å². The van der Waals surface area contributed by atoms with E-state index >= 15 is 0 Å². The molecule has 106 valence electrons. The number of nitrogens with zero attached hydrogens (tertiary/aromatic N) is 2. The average molecular weight is 380 g/mol. The van der Waals surface area contributed by atoms with Crippen molar-refractivity contribution in [3.05, 3.63) is 59.9 Å². The fourth-order valence-corrected chi connectivity index (χ4v) is 1.97. The molecular formula is C17H21IN2.